The van der Waals surface area contributed by atoms with E-state index in [1.807, 2.05) is 23.9 Å². The highest BCUT2D eigenvalue weighted by Crippen LogP contribution is 2.29. The first-order chi connectivity index (χ1) is 10.3. The maximum atomic E-state index is 5.19. The number of thioether (sulfide) groups is 1. The molecule has 3 aromatic rings. The van der Waals surface area contributed by atoms with Gasteiger partial charge in [-0.1, -0.05) is 36.4 Å². The molecule has 0 aliphatic carbocycles. The smallest absolute Gasteiger partial charge is 0.118 e. The van der Waals surface area contributed by atoms with E-state index in [2.05, 4.69) is 55.5 Å². The lowest BCUT2D eigenvalue weighted by molar-refractivity contribution is 0.414. The third-order valence-corrected chi connectivity index (χ3v) is 4.75. The lowest BCUT2D eigenvalue weighted by Gasteiger charge is -2.09. The van der Waals surface area contributed by atoms with E-state index in [0.717, 1.165) is 11.5 Å². The van der Waals surface area contributed by atoms with Crippen molar-refractivity contribution in [3.05, 3.63) is 71.8 Å². The van der Waals surface area contributed by atoms with Gasteiger partial charge in [0.15, 0.2) is 0 Å². The van der Waals surface area contributed by atoms with Crippen molar-refractivity contribution in [3.8, 4) is 5.75 Å². The summed E-state index contributed by atoms with van der Waals surface area (Å²) in [6.45, 7) is 2.17. The molecule has 21 heavy (non-hydrogen) atoms. The van der Waals surface area contributed by atoms with Gasteiger partial charge in [0.25, 0.3) is 0 Å². The summed E-state index contributed by atoms with van der Waals surface area (Å²) >= 11 is 1.86. The van der Waals surface area contributed by atoms with Crippen molar-refractivity contribution >= 4 is 22.5 Å². The fourth-order valence-corrected chi connectivity index (χ4v) is 3.37. The highest BCUT2D eigenvalue weighted by Gasteiger charge is 2.04. The van der Waals surface area contributed by atoms with Gasteiger partial charge in [0.05, 0.1) is 7.11 Å². The quantitative estimate of drug-likeness (QED) is 0.592. The molecule has 0 heterocycles. The molecule has 0 saturated carbocycles. The van der Waals surface area contributed by atoms with Gasteiger partial charge in [0.2, 0.25) is 0 Å². The zero-order valence-corrected chi connectivity index (χ0v) is 13.1. The maximum absolute atomic E-state index is 5.19. The molecule has 3 rings (SSSR count). The van der Waals surface area contributed by atoms with Crippen LogP contribution in [0.5, 0.6) is 5.75 Å². The SMILES string of the molecule is COc1ccc(SCc2ccc(C)c3ccccc23)cc1. The second-order valence-electron chi connectivity index (χ2n) is 5.05. The second kappa shape index (κ2) is 6.23. The fourth-order valence-electron chi connectivity index (χ4n) is 2.47. The molecule has 0 radical (unpaired) electrons. The number of ether oxygens (including phenoxy) is 1. The van der Waals surface area contributed by atoms with Crippen LogP contribution >= 0.6 is 11.8 Å². The van der Waals surface area contributed by atoms with Gasteiger partial charge in [-0.3, -0.25) is 0 Å². The Hall–Kier alpha value is -1.93. The predicted octanol–water partition coefficient (Wildman–Crippen LogP) is 5.45. The molecule has 3 aromatic carbocycles. The van der Waals surface area contributed by atoms with Crippen LogP contribution in [0.15, 0.2) is 65.6 Å². The van der Waals surface area contributed by atoms with Crippen LogP contribution in [0, 0.1) is 6.92 Å². The predicted molar refractivity (Wildman–Crippen MR) is 91.2 cm³/mol. The summed E-state index contributed by atoms with van der Waals surface area (Å²) in [6.07, 6.45) is 0. The van der Waals surface area contributed by atoms with Crippen LogP contribution in [0.4, 0.5) is 0 Å². The minimum absolute atomic E-state index is 0.903. The van der Waals surface area contributed by atoms with Gasteiger partial charge >= 0.3 is 0 Å². The Morgan fingerprint density at radius 3 is 2.29 bits per heavy atom. The lowest BCUT2D eigenvalue weighted by atomic mass is 10.0. The van der Waals surface area contributed by atoms with Crippen molar-refractivity contribution in [1.82, 2.24) is 0 Å². The number of benzene rings is 3. The molecule has 0 atom stereocenters. The van der Waals surface area contributed by atoms with Crippen molar-refractivity contribution < 1.29 is 4.74 Å². The van der Waals surface area contributed by atoms with Crippen LogP contribution in [0.25, 0.3) is 10.8 Å². The lowest BCUT2D eigenvalue weighted by Crippen LogP contribution is -1.87. The van der Waals surface area contributed by atoms with Crippen molar-refractivity contribution in [2.45, 2.75) is 17.6 Å². The first-order valence-corrected chi connectivity index (χ1v) is 8.00. The summed E-state index contributed by atoms with van der Waals surface area (Å²) in [7, 11) is 1.70. The van der Waals surface area contributed by atoms with E-state index in [9.17, 15) is 0 Å². The largest absolute Gasteiger partial charge is 0.497 e. The number of aryl methyl sites for hydroxylation is 1. The van der Waals surface area contributed by atoms with E-state index < -0.39 is 0 Å². The van der Waals surface area contributed by atoms with Gasteiger partial charge in [-0.05, 0) is 53.1 Å². The minimum atomic E-state index is 0.903. The third kappa shape index (κ3) is 3.06. The van der Waals surface area contributed by atoms with Gasteiger partial charge in [0, 0.05) is 10.6 Å². The van der Waals surface area contributed by atoms with Crippen molar-refractivity contribution in [2.24, 2.45) is 0 Å². The molecule has 1 nitrogen and oxygen atoms in total. The molecule has 0 fully saturated rings. The molecular weight excluding hydrogens is 276 g/mol. The van der Waals surface area contributed by atoms with E-state index in [0.29, 0.717) is 0 Å². The summed E-state index contributed by atoms with van der Waals surface area (Å²) in [5, 5.41) is 2.71. The number of hydrogen-bond acceptors (Lipinski definition) is 2. The van der Waals surface area contributed by atoms with Crippen LogP contribution in [0.2, 0.25) is 0 Å². The zero-order chi connectivity index (χ0) is 14.7. The van der Waals surface area contributed by atoms with Gasteiger partial charge in [-0.2, -0.15) is 0 Å². The van der Waals surface area contributed by atoms with E-state index in [-0.39, 0.29) is 0 Å². The number of hydrogen-bond donors (Lipinski definition) is 0. The number of fused-ring (bicyclic) bond motifs is 1. The zero-order valence-electron chi connectivity index (χ0n) is 12.3. The van der Waals surface area contributed by atoms with Crippen molar-refractivity contribution in [3.63, 3.8) is 0 Å². The summed E-state index contributed by atoms with van der Waals surface area (Å²) in [5.74, 6) is 1.88. The maximum Gasteiger partial charge on any atom is 0.118 e. The summed E-state index contributed by atoms with van der Waals surface area (Å²) < 4.78 is 5.19. The van der Waals surface area contributed by atoms with Crippen LogP contribution in [-0.4, -0.2) is 7.11 Å². The summed E-state index contributed by atoms with van der Waals surface area (Å²) in [4.78, 5) is 1.26. The Morgan fingerprint density at radius 2 is 1.57 bits per heavy atom. The van der Waals surface area contributed by atoms with Gasteiger partial charge < -0.3 is 4.74 Å². The fraction of sp³-hybridized carbons (Fsp3) is 0.158. The monoisotopic (exact) mass is 294 g/mol. The Bertz CT molecular complexity index is 747. The Morgan fingerprint density at radius 1 is 0.857 bits per heavy atom. The van der Waals surface area contributed by atoms with Crippen LogP contribution in [0.3, 0.4) is 0 Å². The normalized spacial score (nSPS) is 10.8. The first-order valence-electron chi connectivity index (χ1n) is 7.02. The van der Waals surface area contributed by atoms with Crippen LogP contribution in [-0.2, 0) is 5.75 Å². The van der Waals surface area contributed by atoms with Gasteiger partial charge in [-0.15, -0.1) is 11.8 Å². The van der Waals surface area contributed by atoms with E-state index >= 15 is 0 Å². The summed E-state index contributed by atoms with van der Waals surface area (Å²) in [5.41, 5.74) is 2.72. The van der Waals surface area contributed by atoms with Gasteiger partial charge in [0.1, 0.15) is 5.75 Å². The average molecular weight is 294 g/mol. The molecule has 0 spiro atoms. The Labute approximate surface area is 130 Å². The third-order valence-electron chi connectivity index (χ3n) is 3.69. The highest BCUT2D eigenvalue weighted by atomic mass is 32.2. The van der Waals surface area contributed by atoms with E-state index in [1.54, 1.807) is 7.11 Å². The topological polar surface area (TPSA) is 9.23 Å². The standard InChI is InChI=1S/C19H18OS/c1-14-7-8-15(19-6-4-3-5-18(14)19)13-21-17-11-9-16(20-2)10-12-17/h3-12H,13H2,1-2H3. The molecule has 0 aliphatic rings. The van der Waals surface area contributed by atoms with Crippen molar-refractivity contribution in [1.29, 1.82) is 0 Å². The molecule has 0 saturated heterocycles. The summed E-state index contributed by atoms with van der Waals surface area (Å²) in [6, 6.07) is 21.3. The highest BCUT2D eigenvalue weighted by molar-refractivity contribution is 7.98. The molecule has 0 N–H and O–H groups in total. The van der Waals surface area contributed by atoms with Crippen LogP contribution in [0.1, 0.15) is 11.1 Å². The van der Waals surface area contributed by atoms with Crippen molar-refractivity contribution in [2.75, 3.05) is 7.11 Å². The van der Waals surface area contributed by atoms with Gasteiger partial charge in [-0.25, -0.2) is 0 Å². The van der Waals surface area contributed by atoms with E-state index in [4.69, 9.17) is 4.74 Å². The molecule has 0 aromatic heterocycles. The minimum Gasteiger partial charge on any atom is -0.497 e. The molecule has 2 heteroatoms. The molecular formula is C19H18OS. The molecule has 106 valence electrons. The second-order valence-corrected chi connectivity index (χ2v) is 6.10. The number of methoxy groups -OCH3 is 1. The van der Waals surface area contributed by atoms with E-state index in [1.165, 1.54) is 26.8 Å². The molecule has 0 aliphatic heterocycles. The Balaban J connectivity index is 1.83. The average Bonchev–Trinajstić information content (AvgIpc) is 2.55. The Kier molecular flexibility index (Phi) is 4.16. The molecule has 0 bridgehead atoms. The number of rotatable bonds is 4. The molecule has 0 amide bonds. The first kappa shape index (κ1) is 14.0. The molecule has 0 unspecified atom stereocenters. The van der Waals surface area contributed by atoms with Crippen LogP contribution < -0.4 is 4.74 Å².